The second kappa shape index (κ2) is 12.0. The van der Waals surface area contributed by atoms with Gasteiger partial charge in [0.05, 0.1) is 20.3 Å². The van der Waals surface area contributed by atoms with Crippen LogP contribution in [0.25, 0.3) is 0 Å². The van der Waals surface area contributed by atoms with Crippen LogP contribution in [0.5, 0.6) is 11.5 Å². The largest absolute Gasteiger partial charge is 0.493 e. The first-order valence-corrected chi connectivity index (χ1v) is 9.89. The van der Waals surface area contributed by atoms with E-state index in [0.717, 1.165) is 12.0 Å². The summed E-state index contributed by atoms with van der Waals surface area (Å²) >= 11 is 0. The SMILES string of the molecule is COc1ccc(CCNC(=O)C(CC(C)(C)C)N(C)CC(OC)OC)cc1OC. The number of carbonyl (C=O) groups excluding carboxylic acids is 1. The summed E-state index contributed by atoms with van der Waals surface area (Å²) in [7, 11) is 8.36. The third-order valence-electron chi connectivity index (χ3n) is 4.76. The van der Waals surface area contributed by atoms with Crippen molar-refractivity contribution in [1.29, 1.82) is 0 Å². The minimum Gasteiger partial charge on any atom is -0.493 e. The molecule has 0 aromatic heterocycles. The molecule has 0 fully saturated rings. The lowest BCUT2D eigenvalue weighted by atomic mass is 9.87. The van der Waals surface area contributed by atoms with Crippen LogP contribution >= 0.6 is 0 Å². The Bertz CT molecular complexity index is 626. The van der Waals surface area contributed by atoms with Crippen LogP contribution < -0.4 is 14.8 Å². The zero-order valence-corrected chi connectivity index (χ0v) is 19.2. The van der Waals surface area contributed by atoms with Crippen molar-refractivity contribution in [2.45, 2.75) is 45.9 Å². The molecule has 1 N–H and O–H groups in total. The third-order valence-corrected chi connectivity index (χ3v) is 4.76. The molecule has 0 saturated heterocycles. The van der Waals surface area contributed by atoms with Gasteiger partial charge < -0.3 is 24.3 Å². The van der Waals surface area contributed by atoms with Gasteiger partial charge in [0.15, 0.2) is 17.8 Å². The van der Waals surface area contributed by atoms with E-state index in [1.807, 2.05) is 30.1 Å². The van der Waals surface area contributed by atoms with Crippen molar-refractivity contribution in [3.63, 3.8) is 0 Å². The predicted octanol–water partition coefficient (Wildman–Crippen LogP) is 2.72. The summed E-state index contributed by atoms with van der Waals surface area (Å²) in [5.41, 5.74) is 1.08. The van der Waals surface area contributed by atoms with Crippen molar-refractivity contribution in [1.82, 2.24) is 10.2 Å². The number of hydrogen-bond donors (Lipinski definition) is 1. The van der Waals surface area contributed by atoms with Gasteiger partial charge in [-0.15, -0.1) is 0 Å². The van der Waals surface area contributed by atoms with Gasteiger partial charge in [0.1, 0.15) is 0 Å². The molecule has 1 amide bonds. The van der Waals surface area contributed by atoms with E-state index in [4.69, 9.17) is 18.9 Å². The first kappa shape index (κ1) is 25.2. The Labute approximate surface area is 175 Å². The number of methoxy groups -OCH3 is 4. The fourth-order valence-electron chi connectivity index (χ4n) is 3.12. The van der Waals surface area contributed by atoms with Crippen LogP contribution in [0.15, 0.2) is 18.2 Å². The number of nitrogens with one attached hydrogen (secondary N) is 1. The first-order chi connectivity index (χ1) is 13.6. The zero-order valence-electron chi connectivity index (χ0n) is 19.2. The van der Waals surface area contributed by atoms with E-state index in [2.05, 4.69) is 26.1 Å². The van der Waals surface area contributed by atoms with Gasteiger partial charge in [0.2, 0.25) is 5.91 Å². The third kappa shape index (κ3) is 8.60. The molecule has 7 nitrogen and oxygen atoms in total. The van der Waals surface area contributed by atoms with Gasteiger partial charge >= 0.3 is 0 Å². The zero-order chi connectivity index (χ0) is 22.0. The monoisotopic (exact) mass is 410 g/mol. The van der Waals surface area contributed by atoms with E-state index in [1.54, 1.807) is 28.4 Å². The van der Waals surface area contributed by atoms with Crippen molar-refractivity contribution in [3.05, 3.63) is 23.8 Å². The number of hydrogen-bond acceptors (Lipinski definition) is 6. The maximum atomic E-state index is 13.0. The fraction of sp³-hybridized carbons (Fsp3) is 0.682. The van der Waals surface area contributed by atoms with Crippen LogP contribution in [-0.2, 0) is 20.7 Å². The Morgan fingerprint density at radius 2 is 1.69 bits per heavy atom. The summed E-state index contributed by atoms with van der Waals surface area (Å²) in [6, 6.07) is 5.52. The second-order valence-corrected chi connectivity index (χ2v) is 8.35. The predicted molar refractivity (Wildman–Crippen MR) is 115 cm³/mol. The molecule has 0 aliphatic rings. The smallest absolute Gasteiger partial charge is 0.237 e. The highest BCUT2D eigenvalue weighted by atomic mass is 16.7. The summed E-state index contributed by atoms with van der Waals surface area (Å²) in [5.74, 6) is 1.39. The molecular formula is C22H38N2O5. The number of carbonyl (C=O) groups is 1. The summed E-state index contributed by atoms with van der Waals surface area (Å²) in [6.45, 7) is 7.45. The van der Waals surface area contributed by atoms with E-state index in [1.165, 1.54) is 0 Å². The van der Waals surface area contributed by atoms with Gasteiger partial charge in [0, 0.05) is 27.3 Å². The number of amides is 1. The molecule has 166 valence electrons. The molecule has 0 bridgehead atoms. The van der Waals surface area contributed by atoms with Crippen LogP contribution in [0.3, 0.4) is 0 Å². The summed E-state index contributed by atoms with van der Waals surface area (Å²) in [4.78, 5) is 14.9. The van der Waals surface area contributed by atoms with Gasteiger partial charge in [0.25, 0.3) is 0 Å². The molecular weight excluding hydrogens is 372 g/mol. The van der Waals surface area contributed by atoms with E-state index >= 15 is 0 Å². The Morgan fingerprint density at radius 3 is 2.21 bits per heavy atom. The van der Waals surface area contributed by atoms with Crippen molar-refractivity contribution in [3.8, 4) is 11.5 Å². The van der Waals surface area contributed by atoms with Crippen LogP contribution in [0.2, 0.25) is 0 Å². The minimum absolute atomic E-state index is 0.00820. The molecule has 0 spiro atoms. The summed E-state index contributed by atoms with van der Waals surface area (Å²) < 4.78 is 21.2. The van der Waals surface area contributed by atoms with Crippen LogP contribution in [-0.4, -0.2) is 71.7 Å². The Morgan fingerprint density at radius 1 is 1.07 bits per heavy atom. The summed E-state index contributed by atoms with van der Waals surface area (Å²) in [6.07, 6.45) is 1.06. The molecule has 0 aliphatic heterocycles. The lowest BCUT2D eigenvalue weighted by Crippen LogP contribution is -2.49. The molecule has 7 heteroatoms. The number of likely N-dealkylation sites (N-methyl/N-ethyl adjacent to an activating group) is 1. The molecule has 0 radical (unpaired) electrons. The molecule has 0 saturated carbocycles. The van der Waals surface area contributed by atoms with Gasteiger partial charge in [-0.2, -0.15) is 0 Å². The number of rotatable bonds is 12. The fourth-order valence-corrected chi connectivity index (χ4v) is 3.12. The molecule has 0 heterocycles. The van der Waals surface area contributed by atoms with E-state index in [9.17, 15) is 4.79 Å². The normalized spacial score (nSPS) is 12.9. The molecule has 1 aromatic carbocycles. The highest BCUT2D eigenvalue weighted by Gasteiger charge is 2.29. The molecule has 1 atom stereocenters. The van der Waals surface area contributed by atoms with Gasteiger partial charge in [-0.25, -0.2) is 0 Å². The van der Waals surface area contributed by atoms with Crippen molar-refractivity contribution in [2.24, 2.45) is 5.41 Å². The standard InChI is InChI=1S/C22H38N2O5/c1-22(2,3)14-17(24(4)15-20(28-7)29-8)21(25)23-12-11-16-9-10-18(26-5)19(13-16)27-6/h9-10,13,17,20H,11-12,14-15H2,1-8H3,(H,23,25). The second-order valence-electron chi connectivity index (χ2n) is 8.35. The maximum Gasteiger partial charge on any atom is 0.237 e. The highest BCUT2D eigenvalue weighted by Crippen LogP contribution is 2.27. The lowest BCUT2D eigenvalue weighted by Gasteiger charge is -2.33. The Kier molecular flexibility index (Phi) is 10.4. The van der Waals surface area contributed by atoms with Gasteiger partial charge in [-0.1, -0.05) is 26.8 Å². The van der Waals surface area contributed by atoms with Crippen LogP contribution in [0, 0.1) is 5.41 Å². The topological polar surface area (TPSA) is 69.3 Å². The molecule has 1 unspecified atom stereocenters. The van der Waals surface area contributed by atoms with E-state index in [0.29, 0.717) is 31.0 Å². The minimum atomic E-state index is -0.373. The first-order valence-electron chi connectivity index (χ1n) is 9.89. The number of nitrogens with zero attached hydrogens (tertiary/aromatic N) is 1. The van der Waals surface area contributed by atoms with Crippen molar-refractivity contribution in [2.75, 3.05) is 48.6 Å². The van der Waals surface area contributed by atoms with E-state index < -0.39 is 0 Å². The lowest BCUT2D eigenvalue weighted by molar-refractivity contribution is -0.135. The number of ether oxygens (including phenoxy) is 4. The Balaban J connectivity index is 2.74. The molecule has 29 heavy (non-hydrogen) atoms. The quantitative estimate of drug-likeness (QED) is 0.535. The average molecular weight is 411 g/mol. The molecule has 1 aromatic rings. The van der Waals surface area contributed by atoms with Crippen molar-refractivity contribution >= 4 is 5.91 Å². The maximum absolute atomic E-state index is 13.0. The van der Waals surface area contributed by atoms with Crippen LogP contribution in [0.4, 0.5) is 0 Å². The number of benzene rings is 1. The average Bonchev–Trinajstić information content (AvgIpc) is 2.68. The van der Waals surface area contributed by atoms with Crippen LogP contribution in [0.1, 0.15) is 32.8 Å². The van der Waals surface area contributed by atoms with Gasteiger partial charge in [-0.3, -0.25) is 9.69 Å². The summed E-state index contributed by atoms with van der Waals surface area (Å²) in [5, 5.41) is 3.08. The van der Waals surface area contributed by atoms with Gasteiger partial charge in [-0.05, 0) is 43.0 Å². The molecule has 0 aliphatic carbocycles. The van der Waals surface area contributed by atoms with Crippen molar-refractivity contribution < 1.29 is 23.7 Å². The highest BCUT2D eigenvalue weighted by molar-refractivity contribution is 5.81. The molecule has 1 rings (SSSR count). The van der Waals surface area contributed by atoms with E-state index in [-0.39, 0.29) is 23.7 Å². The Hall–Kier alpha value is -1.83.